The molecule has 0 fully saturated rings. The van der Waals surface area contributed by atoms with Gasteiger partial charge in [0.05, 0.1) is 23.4 Å². The molecule has 0 atom stereocenters. The van der Waals surface area contributed by atoms with Crippen molar-refractivity contribution in [3.63, 3.8) is 0 Å². The van der Waals surface area contributed by atoms with E-state index in [0.29, 0.717) is 17.7 Å². The number of para-hydroxylation sites is 1. The summed E-state index contributed by atoms with van der Waals surface area (Å²) in [5, 5.41) is 9.78. The lowest BCUT2D eigenvalue weighted by molar-refractivity contribution is -0.113. The number of benzene rings is 3. The minimum Gasteiger partial charge on any atom is -0.303 e. The van der Waals surface area contributed by atoms with E-state index in [0.717, 1.165) is 22.4 Å². The monoisotopic (exact) mass is 336 g/mol. The predicted octanol–water partition coefficient (Wildman–Crippen LogP) is 4.67. The van der Waals surface area contributed by atoms with Crippen LogP contribution in [0.2, 0.25) is 0 Å². The van der Waals surface area contributed by atoms with Gasteiger partial charge in [0.25, 0.3) is 5.91 Å². The molecule has 3 aromatic rings. The maximum absolute atomic E-state index is 13.3. The SMILES string of the molecule is N#C/C(=C1\C(=O)N(Cc2ccccc2)c2ccccc21)c1ccccc1. The number of fused-ring (bicyclic) bond motifs is 1. The molecular weight excluding hydrogens is 320 g/mol. The molecule has 0 unspecified atom stereocenters. The van der Waals surface area contributed by atoms with Crippen molar-refractivity contribution >= 4 is 22.7 Å². The molecule has 0 N–H and O–H groups in total. The number of hydrogen-bond acceptors (Lipinski definition) is 2. The number of anilines is 1. The maximum atomic E-state index is 13.3. The van der Waals surface area contributed by atoms with Crippen LogP contribution in [0.1, 0.15) is 16.7 Å². The number of hydrogen-bond donors (Lipinski definition) is 0. The zero-order valence-corrected chi connectivity index (χ0v) is 14.1. The minimum absolute atomic E-state index is 0.129. The largest absolute Gasteiger partial charge is 0.303 e. The normalized spacial score (nSPS) is 14.7. The van der Waals surface area contributed by atoms with Crippen LogP contribution in [0.15, 0.2) is 84.9 Å². The summed E-state index contributed by atoms with van der Waals surface area (Å²) in [6.45, 7) is 0.480. The molecule has 0 aliphatic carbocycles. The van der Waals surface area contributed by atoms with Crippen LogP contribution in [0.3, 0.4) is 0 Å². The molecule has 26 heavy (non-hydrogen) atoms. The van der Waals surface area contributed by atoms with Crippen molar-refractivity contribution in [3.05, 3.63) is 102 Å². The third-order valence-corrected chi connectivity index (χ3v) is 4.53. The first kappa shape index (κ1) is 15.9. The van der Waals surface area contributed by atoms with Gasteiger partial charge in [0, 0.05) is 5.56 Å². The standard InChI is InChI=1S/C23H16N2O/c24-15-20(18-11-5-2-6-12-18)22-19-13-7-8-14-21(19)25(23(22)26)16-17-9-3-1-4-10-17/h1-14H,16H2/b22-20+. The summed E-state index contributed by atoms with van der Waals surface area (Å²) < 4.78 is 0. The quantitative estimate of drug-likeness (QED) is 0.515. The van der Waals surface area contributed by atoms with E-state index >= 15 is 0 Å². The fourth-order valence-electron chi connectivity index (χ4n) is 3.31. The Morgan fingerprint density at radius 3 is 2.15 bits per heavy atom. The Labute approximate surface area is 152 Å². The zero-order valence-electron chi connectivity index (χ0n) is 14.1. The van der Waals surface area contributed by atoms with Crippen molar-refractivity contribution in [2.24, 2.45) is 0 Å². The van der Waals surface area contributed by atoms with Crippen molar-refractivity contribution in [2.75, 3.05) is 4.90 Å². The number of nitriles is 1. The number of carbonyl (C=O) groups excluding carboxylic acids is 1. The summed E-state index contributed by atoms with van der Waals surface area (Å²) in [5.41, 5.74) is 4.36. The van der Waals surface area contributed by atoms with E-state index < -0.39 is 0 Å². The average Bonchev–Trinajstić information content (AvgIpc) is 2.97. The lowest BCUT2D eigenvalue weighted by Gasteiger charge is -2.17. The van der Waals surface area contributed by atoms with E-state index in [1.54, 1.807) is 4.90 Å². The zero-order chi connectivity index (χ0) is 17.9. The van der Waals surface area contributed by atoms with E-state index in [1.165, 1.54) is 0 Å². The van der Waals surface area contributed by atoms with Crippen LogP contribution >= 0.6 is 0 Å². The number of allylic oxidation sites excluding steroid dienone is 1. The van der Waals surface area contributed by atoms with Crippen LogP contribution < -0.4 is 4.90 Å². The molecule has 0 spiro atoms. The Morgan fingerprint density at radius 2 is 1.46 bits per heavy atom. The first-order valence-corrected chi connectivity index (χ1v) is 8.44. The van der Waals surface area contributed by atoms with Crippen LogP contribution in [0.25, 0.3) is 11.1 Å². The molecule has 1 amide bonds. The van der Waals surface area contributed by atoms with Gasteiger partial charge in [-0.3, -0.25) is 4.79 Å². The molecule has 3 heteroatoms. The fourth-order valence-corrected chi connectivity index (χ4v) is 3.31. The van der Waals surface area contributed by atoms with Crippen LogP contribution in [0.5, 0.6) is 0 Å². The van der Waals surface area contributed by atoms with Gasteiger partial charge in [0.15, 0.2) is 0 Å². The fraction of sp³-hybridized carbons (Fsp3) is 0.0435. The second kappa shape index (κ2) is 6.70. The van der Waals surface area contributed by atoms with Crippen molar-refractivity contribution in [1.29, 1.82) is 5.26 Å². The molecule has 0 radical (unpaired) electrons. The van der Waals surface area contributed by atoms with E-state index in [2.05, 4.69) is 6.07 Å². The van der Waals surface area contributed by atoms with E-state index in [-0.39, 0.29) is 5.91 Å². The molecule has 3 nitrogen and oxygen atoms in total. The Morgan fingerprint density at radius 1 is 0.846 bits per heavy atom. The molecule has 4 rings (SSSR count). The van der Waals surface area contributed by atoms with Crippen molar-refractivity contribution in [1.82, 2.24) is 0 Å². The lowest BCUT2D eigenvalue weighted by Crippen LogP contribution is -2.25. The number of carbonyl (C=O) groups is 1. The average molecular weight is 336 g/mol. The smallest absolute Gasteiger partial charge is 0.260 e. The van der Waals surface area contributed by atoms with Gasteiger partial charge in [-0.15, -0.1) is 0 Å². The molecule has 124 valence electrons. The number of nitrogens with zero attached hydrogens (tertiary/aromatic N) is 2. The molecule has 0 aromatic heterocycles. The minimum atomic E-state index is -0.129. The van der Waals surface area contributed by atoms with Gasteiger partial charge in [0.1, 0.15) is 6.07 Å². The van der Waals surface area contributed by atoms with Gasteiger partial charge in [0.2, 0.25) is 0 Å². The molecule has 0 saturated carbocycles. The van der Waals surface area contributed by atoms with Gasteiger partial charge in [-0.2, -0.15) is 5.26 Å². The first-order chi connectivity index (χ1) is 12.8. The predicted molar refractivity (Wildman–Crippen MR) is 103 cm³/mol. The van der Waals surface area contributed by atoms with Gasteiger partial charge < -0.3 is 4.90 Å². The summed E-state index contributed by atoms with van der Waals surface area (Å²) in [6, 6.07) is 29.2. The van der Waals surface area contributed by atoms with Crippen molar-refractivity contribution in [3.8, 4) is 6.07 Å². The highest BCUT2D eigenvalue weighted by Gasteiger charge is 2.34. The molecule has 0 bridgehead atoms. The lowest BCUT2D eigenvalue weighted by atomic mass is 9.96. The Kier molecular flexibility index (Phi) is 4.09. The van der Waals surface area contributed by atoms with Crippen LogP contribution in [0, 0.1) is 11.3 Å². The molecule has 1 aliphatic heterocycles. The highest BCUT2D eigenvalue weighted by molar-refractivity contribution is 6.38. The van der Waals surface area contributed by atoms with E-state index in [9.17, 15) is 10.1 Å². The first-order valence-electron chi connectivity index (χ1n) is 8.44. The van der Waals surface area contributed by atoms with Crippen LogP contribution in [-0.4, -0.2) is 5.91 Å². The molecule has 0 saturated heterocycles. The van der Waals surface area contributed by atoms with Gasteiger partial charge in [-0.1, -0.05) is 78.9 Å². The second-order valence-electron chi connectivity index (χ2n) is 6.12. The van der Waals surface area contributed by atoms with E-state index in [1.807, 2.05) is 84.9 Å². The van der Waals surface area contributed by atoms with Crippen LogP contribution in [0.4, 0.5) is 5.69 Å². The molecule has 1 aliphatic rings. The topological polar surface area (TPSA) is 44.1 Å². The highest BCUT2D eigenvalue weighted by atomic mass is 16.2. The Bertz CT molecular complexity index is 1030. The van der Waals surface area contributed by atoms with Gasteiger partial charge >= 0.3 is 0 Å². The maximum Gasteiger partial charge on any atom is 0.260 e. The van der Waals surface area contributed by atoms with E-state index in [4.69, 9.17) is 0 Å². The summed E-state index contributed by atoms with van der Waals surface area (Å²) in [4.78, 5) is 15.0. The summed E-state index contributed by atoms with van der Waals surface area (Å²) in [7, 11) is 0. The van der Waals surface area contributed by atoms with Gasteiger partial charge in [-0.25, -0.2) is 0 Å². The molecule has 1 heterocycles. The van der Waals surface area contributed by atoms with Crippen molar-refractivity contribution < 1.29 is 4.79 Å². The molecule has 3 aromatic carbocycles. The molecular formula is C23H16N2O. The Balaban J connectivity index is 1.86. The number of rotatable bonds is 3. The van der Waals surface area contributed by atoms with Crippen LogP contribution in [-0.2, 0) is 11.3 Å². The number of amides is 1. The van der Waals surface area contributed by atoms with Gasteiger partial charge in [-0.05, 0) is 17.2 Å². The summed E-state index contributed by atoms with van der Waals surface area (Å²) in [5.74, 6) is -0.129. The summed E-state index contributed by atoms with van der Waals surface area (Å²) >= 11 is 0. The highest BCUT2D eigenvalue weighted by Crippen LogP contribution is 2.41. The summed E-state index contributed by atoms with van der Waals surface area (Å²) in [6.07, 6.45) is 0. The second-order valence-corrected chi connectivity index (χ2v) is 6.12. The third-order valence-electron chi connectivity index (χ3n) is 4.53. The van der Waals surface area contributed by atoms with Crippen molar-refractivity contribution in [2.45, 2.75) is 6.54 Å². The Hall–Kier alpha value is -3.64. The third kappa shape index (κ3) is 2.68.